The van der Waals surface area contributed by atoms with Crippen molar-refractivity contribution in [3.63, 3.8) is 0 Å². The van der Waals surface area contributed by atoms with Gasteiger partial charge >= 0.3 is 5.97 Å². The molecule has 34 heavy (non-hydrogen) atoms. The summed E-state index contributed by atoms with van der Waals surface area (Å²) in [6, 6.07) is 16.5. The molecule has 0 heterocycles. The second-order valence-electron chi connectivity index (χ2n) is 7.02. The number of esters is 1. The summed E-state index contributed by atoms with van der Waals surface area (Å²) in [7, 11) is 3.01. The molecular formula is C25H23ClN2O6. The van der Waals surface area contributed by atoms with Gasteiger partial charge in [-0.25, -0.2) is 10.2 Å². The van der Waals surface area contributed by atoms with Gasteiger partial charge in [0, 0.05) is 5.02 Å². The largest absolute Gasteiger partial charge is 0.493 e. The molecule has 0 unspecified atom stereocenters. The van der Waals surface area contributed by atoms with E-state index < -0.39 is 11.9 Å². The molecule has 0 spiro atoms. The topological polar surface area (TPSA) is 95.5 Å². The molecule has 0 aromatic heterocycles. The molecule has 0 fully saturated rings. The maximum absolute atomic E-state index is 12.4. The number of carbonyl (C=O) groups is 2. The van der Waals surface area contributed by atoms with Gasteiger partial charge < -0.3 is 18.9 Å². The maximum atomic E-state index is 12.4. The summed E-state index contributed by atoms with van der Waals surface area (Å²) in [6.45, 7) is 1.65. The number of ether oxygens (including phenoxy) is 4. The van der Waals surface area contributed by atoms with Gasteiger partial charge in [0.1, 0.15) is 11.5 Å². The Bertz CT molecular complexity index is 1190. The van der Waals surface area contributed by atoms with E-state index in [0.717, 1.165) is 5.56 Å². The van der Waals surface area contributed by atoms with Crippen LogP contribution in [0.4, 0.5) is 0 Å². The minimum atomic E-state index is -0.537. The fraction of sp³-hybridized carbons (Fsp3) is 0.160. The molecule has 0 aliphatic carbocycles. The number of hydrogen-bond acceptors (Lipinski definition) is 7. The average molecular weight is 483 g/mol. The quantitative estimate of drug-likeness (QED) is 0.210. The number of hydrazone groups is 1. The monoisotopic (exact) mass is 482 g/mol. The van der Waals surface area contributed by atoms with Crippen LogP contribution in [0.15, 0.2) is 65.8 Å². The lowest BCUT2D eigenvalue weighted by molar-refractivity contribution is -0.123. The van der Waals surface area contributed by atoms with Crippen molar-refractivity contribution in [1.82, 2.24) is 5.43 Å². The molecule has 0 aliphatic heterocycles. The Hall–Kier alpha value is -4.04. The smallest absolute Gasteiger partial charge is 0.343 e. The van der Waals surface area contributed by atoms with E-state index in [1.165, 1.54) is 20.4 Å². The number of rotatable bonds is 9. The van der Waals surface area contributed by atoms with E-state index in [9.17, 15) is 9.59 Å². The molecule has 3 rings (SSSR count). The van der Waals surface area contributed by atoms with Crippen LogP contribution >= 0.6 is 11.6 Å². The summed E-state index contributed by atoms with van der Waals surface area (Å²) in [6.07, 6.45) is 1.46. The predicted octanol–water partition coefficient (Wildman–Crippen LogP) is 4.41. The fourth-order valence-corrected chi connectivity index (χ4v) is 3.11. The molecule has 0 aliphatic rings. The van der Waals surface area contributed by atoms with Crippen LogP contribution in [0.3, 0.4) is 0 Å². The first kappa shape index (κ1) is 24.6. The minimum Gasteiger partial charge on any atom is -0.493 e. The zero-order valence-corrected chi connectivity index (χ0v) is 19.6. The number of halogens is 1. The summed E-state index contributed by atoms with van der Waals surface area (Å²) < 4.78 is 21.2. The van der Waals surface area contributed by atoms with Crippen molar-refractivity contribution in [2.75, 3.05) is 20.8 Å². The minimum absolute atomic E-state index is 0.190. The summed E-state index contributed by atoms with van der Waals surface area (Å²) in [5.74, 6) is 0.923. The molecule has 176 valence electrons. The highest BCUT2D eigenvalue weighted by molar-refractivity contribution is 6.30. The molecule has 0 saturated carbocycles. The Morgan fingerprint density at radius 3 is 2.32 bits per heavy atom. The van der Waals surface area contributed by atoms with Crippen molar-refractivity contribution in [3.05, 3.63) is 82.4 Å². The third-order valence-corrected chi connectivity index (χ3v) is 4.84. The number of nitrogens with zero attached hydrogens (tertiary/aromatic N) is 1. The van der Waals surface area contributed by atoms with Gasteiger partial charge in [-0.15, -0.1) is 0 Å². The molecule has 0 saturated heterocycles. The Labute approximate surface area is 202 Å². The number of nitrogens with one attached hydrogen (secondary N) is 1. The third kappa shape index (κ3) is 6.73. The highest BCUT2D eigenvalue weighted by Crippen LogP contribution is 2.28. The van der Waals surface area contributed by atoms with Gasteiger partial charge in [0.05, 0.1) is 26.0 Å². The highest BCUT2D eigenvalue weighted by Gasteiger charge is 2.13. The first-order valence-electron chi connectivity index (χ1n) is 10.1. The molecule has 0 atom stereocenters. The molecule has 9 heteroatoms. The van der Waals surface area contributed by atoms with Gasteiger partial charge in [0.2, 0.25) is 0 Å². The van der Waals surface area contributed by atoms with Crippen molar-refractivity contribution >= 4 is 29.7 Å². The summed E-state index contributed by atoms with van der Waals surface area (Å²) in [5.41, 5.74) is 4.24. The average Bonchev–Trinajstić information content (AvgIpc) is 2.84. The summed E-state index contributed by atoms with van der Waals surface area (Å²) >= 11 is 5.90. The second kappa shape index (κ2) is 11.7. The van der Waals surface area contributed by atoms with E-state index >= 15 is 0 Å². The van der Waals surface area contributed by atoms with Crippen molar-refractivity contribution in [2.45, 2.75) is 6.92 Å². The molecule has 8 nitrogen and oxygen atoms in total. The zero-order chi connectivity index (χ0) is 24.5. The summed E-state index contributed by atoms with van der Waals surface area (Å²) in [4.78, 5) is 24.3. The summed E-state index contributed by atoms with van der Waals surface area (Å²) in [5, 5.41) is 4.50. The van der Waals surface area contributed by atoms with E-state index in [2.05, 4.69) is 10.5 Å². The maximum Gasteiger partial charge on any atom is 0.343 e. The lowest BCUT2D eigenvalue weighted by Crippen LogP contribution is -2.24. The number of methoxy groups -OCH3 is 2. The molecule has 3 aromatic carbocycles. The van der Waals surface area contributed by atoms with Gasteiger partial charge in [0.25, 0.3) is 5.91 Å². The number of benzene rings is 3. The third-order valence-electron chi connectivity index (χ3n) is 4.61. The molecule has 0 radical (unpaired) electrons. The van der Waals surface area contributed by atoms with Gasteiger partial charge in [0.15, 0.2) is 18.1 Å². The van der Waals surface area contributed by atoms with Gasteiger partial charge in [-0.3, -0.25) is 4.79 Å². The van der Waals surface area contributed by atoms with E-state index in [1.807, 2.05) is 6.92 Å². The van der Waals surface area contributed by atoms with Crippen LogP contribution in [0.1, 0.15) is 21.5 Å². The normalized spacial score (nSPS) is 10.6. The fourth-order valence-electron chi connectivity index (χ4n) is 2.88. The van der Waals surface area contributed by atoms with E-state index in [1.54, 1.807) is 60.7 Å². The molecular weight excluding hydrogens is 460 g/mol. The van der Waals surface area contributed by atoms with Crippen LogP contribution in [0.2, 0.25) is 5.02 Å². The van der Waals surface area contributed by atoms with E-state index in [-0.39, 0.29) is 6.61 Å². The zero-order valence-electron chi connectivity index (χ0n) is 18.8. The molecule has 1 amide bonds. The van der Waals surface area contributed by atoms with Crippen molar-refractivity contribution in [2.24, 2.45) is 5.10 Å². The van der Waals surface area contributed by atoms with E-state index in [0.29, 0.717) is 39.1 Å². The van der Waals surface area contributed by atoms with Crippen LogP contribution in [-0.4, -0.2) is 38.9 Å². The number of hydrogen-bond donors (Lipinski definition) is 1. The standard InChI is InChI=1S/C25H23ClN2O6/c1-16-12-19(26)7-11-21(16)33-15-24(29)28-27-14-17-4-8-20(9-5-17)34-25(30)18-6-10-22(31-2)23(13-18)32-3/h4-14H,15H2,1-3H3,(H,28,29). The SMILES string of the molecule is COc1ccc(C(=O)Oc2ccc(C=NNC(=O)COc3ccc(Cl)cc3C)cc2)cc1OC. The van der Waals surface area contributed by atoms with Crippen LogP contribution in [0, 0.1) is 6.92 Å². The van der Waals surface area contributed by atoms with Crippen LogP contribution in [-0.2, 0) is 4.79 Å². The van der Waals surface area contributed by atoms with Crippen LogP contribution in [0.5, 0.6) is 23.0 Å². The Balaban J connectivity index is 1.50. The van der Waals surface area contributed by atoms with Gasteiger partial charge in [-0.05, 0) is 78.7 Å². The lowest BCUT2D eigenvalue weighted by atomic mass is 10.2. The Kier molecular flexibility index (Phi) is 8.48. The highest BCUT2D eigenvalue weighted by atomic mass is 35.5. The first-order valence-corrected chi connectivity index (χ1v) is 10.5. The number of aryl methyl sites for hydroxylation is 1. The predicted molar refractivity (Wildman–Crippen MR) is 128 cm³/mol. The number of amides is 1. The molecule has 1 N–H and O–H groups in total. The van der Waals surface area contributed by atoms with Crippen molar-refractivity contribution in [3.8, 4) is 23.0 Å². The van der Waals surface area contributed by atoms with Crippen LogP contribution in [0.25, 0.3) is 0 Å². The molecule has 3 aromatic rings. The van der Waals surface area contributed by atoms with Crippen LogP contribution < -0.4 is 24.4 Å². The van der Waals surface area contributed by atoms with Gasteiger partial charge in [-0.1, -0.05) is 11.6 Å². The second-order valence-corrected chi connectivity index (χ2v) is 7.46. The first-order chi connectivity index (χ1) is 16.4. The Morgan fingerprint density at radius 2 is 1.65 bits per heavy atom. The van der Waals surface area contributed by atoms with Gasteiger partial charge in [-0.2, -0.15) is 5.10 Å². The van der Waals surface area contributed by atoms with Crippen molar-refractivity contribution < 1.29 is 28.5 Å². The number of carbonyl (C=O) groups excluding carboxylic acids is 2. The van der Waals surface area contributed by atoms with Crippen molar-refractivity contribution in [1.29, 1.82) is 0 Å². The lowest BCUT2D eigenvalue weighted by Gasteiger charge is -2.09. The molecule has 0 bridgehead atoms. The van der Waals surface area contributed by atoms with E-state index in [4.69, 9.17) is 30.5 Å². The Morgan fingerprint density at radius 1 is 0.941 bits per heavy atom.